The number of carbonyl (C=O) groups is 1. The Balaban J connectivity index is 0.00000226. The van der Waals surface area contributed by atoms with Gasteiger partial charge in [-0.3, -0.25) is 15.2 Å². The molecular weight excluding hydrogens is 528 g/mol. The highest BCUT2D eigenvalue weighted by molar-refractivity contribution is 5.92. The summed E-state index contributed by atoms with van der Waals surface area (Å²) in [6.45, 7) is 10.4. The quantitative estimate of drug-likeness (QED) is 0.205. The number of nitrogens with zero attached hydrogens (tertiary/aromatic N) is 3. The molecule has 0 bridgehead atoms. The molecule has 3 aromatic rings. The third-order valence-corrected chi connectivity index (χ3v) is 6.43. The van der Waals surface area contributed by atoms with Gasteiger partial charge in [-0.15, -0.1) is 0 Å². The normalized spacial score (nSPS) is 16.9. The lowest BCUT2D eigenvalue weighted by Gasteiger charge is -2.21. The van der Waals surface area contributed by atoms with Crippen LogP contribution in [-0.2, 0) is 17.2 Å². The summed E-state index contributed by atoms with van der Waals surface area (Å²) < 4.78 is 34.1. The number of aromatic nitrogens is 2. The smallest absolute Gasteiger partial charge is 0.320 e. The number of alkyl halides is 2. The van der Waals surface area contributed by atoms with Crippen LogP contribution in [0.5, 0.6) is 0 Å². The van der Waals surface area contributed by atoms with Gasteiger partial charge in [0.1, 0.15) is 5.82 Å². The van der Waals surface area contributed by atoms with Crippen LogP contribution in [-0.4, -0.2) is 59.0 Å². The monoisotopic (exact) mass is 571 g/mol. The molecule has 3 heterocycles. The highest BCUT2D eigenvalue weighted by Gasteiger charge is 2.36. The van der Waals surface area contributed by atoms with Gasteiger partial charge < -0.3 is 20.8 Å². The molecule has 0 spiro atoms. The number of urea groups is 1. The first-order valence-electron chi connectivity index (χ1n) is 13.7. The molecule has 1 fully saturated rings. The van der Waals surface area contributed by atoms with Crippen LogP contribution in [0, 0.1) is 12.3 Å². The number of ether oxygens (including phenoxy) is 1. The third-order valence-electron chi connectivity index (χ3n) is 6.43. The van der Waals surface area contributed by atoms with Gasteiger partial charge in [0.05, 0.1) is 24.0 Å². The van der Waals surface area contributed by atoms with E-state index in [-0.39, 0.29) is 26.4 Å². The zero-order valence-electron chi connectivity index (χ0n) is 24.2. The summed E-state index contributed by atoms with van der Waals surface area (Å²) in [5, 5.41) is 16.7. The second-order valence-electron chi connectivity index (χ2n) is 9.55. The maximum Gasteiger partial charge on any atom is 0.320 e. The maximum absolute atomic E-state index is 14.1. The summed E-state index contributed by atoms with van der Waals surface area (Å²) in [5.74, 6) is -2.66. The zero-order valence-corrected chi connectivity index (χ0v) is 24.2. The van der Waals surface area contributed by atoms with Crippen LogP contribution in [0.4, 0.5) is 30.8 Å². The van der Waals surface area contributed by atoms with Crippen molar-refractivity contribution in [2.75, 3.05) is 30.3 Å². The van der Waals surface area contributed by atoms with Gasteiger partial charge in [0.25, 0.3) is 5.92 Å². The van der Waals surface area contributed by atoms with Gasteiger partial charge in [0, 0.05) is 70.9 Å². The number of likely N-dealkylation sites (tertiary alicyclic amines) is 1. The van der Waals surface area contributed by atoms with E-state index in [2.05, 4.69) is 25.9 Å². The van der Waals surface area contributed by atoms with E-state index in [1.54, 1.807) is 36.7 Å². The van der Waals surface area contributed by atoms with E-state index in [0.717, 1.165) is 18.3 Å². The summed E-state index contributed by atoms with van der Waals surface area (Å²) in [6, 6.07) is 11.0. The fraction of sp³-hybridized carbons (Fsp3) is 0.400. The topological polar surface area (TPSA) is 115 Å². The average Bonchev–Trinajstić information content (AvgIpc) is 3.30. The molecular formula is C30H43F2N7O2. The Morgan fingerprint density at radius 2 is 1.98 bits per heavy atom. The van der Waals surface area contributed by atoms with Crippen LogP contribution in [0.25, 0.3) is 0 Å². The SMILES string of the molecule is CC.CCO[C@H]1CN(Cc2ccccc2C(C)(F)F)C[C@@H]1NC(=O)Nc1cc(C=N)c(Nc2ccnc(C)c2)cn1.[HH].[HH]. The fourth-order valence-corrected chi connectivity index (χ4v) is 4.69. The molecule has 11 heteroatoms. The van der Waals surface area contributed by atoms with Gasteiger partial charge in [-0.1, -0.05) is 38.1 Å². The number of pyridine rings is 2. The summed E-state index contributed by atoms with van der Waals surface area (Å²) in [6.07, 6.45) is 4.12. The highest BCUT2D eigenvalue weighted by atomic mass is 19.3. The van der Waals surface area contributed by atoms with E-state index < -0.39 is 12.0 Å². The predicted molar refractivity (Wildman–Crippen MR) is 163 cm³/mol. The number of hydrogen-bond donors (Lipinski definition) is 4. The number of rotatable bonds is 10. The highest BCUT2D eigenvalue weighted by Crippen LogP contribution is 2.31. The number of benzene rings is 1. The second-order valence-corrected chi connectivity index (χ2v) is 9.55. The molecule has 224 valence electrons. The Morgan fingerprint density at radius 3 is 2.66 bits per heavy atom. The van der Waals surface area contributed by atoms with E-state index in [1.807, 2.05) is 44.7 Å². The Kier molecular flexibility index (Phi) is 11.2. The summed E-state index contributed by atoms with van der Waals surface area (Å²) in [4.78, 5) is 23.4. The van der Waals surface area contributed by atoms with Crippen molar-refractivity contribution in [2.45, 2.75) is 59.2 Å². The lowest BCUT2D eigenvalue weighted by atomic mass is 10.0. The van der Waals surface area contributed by atoms with Gasteiger partial charge in [-0.25, -0.2) is 18.6 Å². The van der Waals surface area contributed by atoms with Crippen LogP contribution in [0.2, 0.25) is 0 Å². The second kappa shape index (κ2) is 14.6. The standard InChI is InChI=1S/C28H33F2N7O2.C2H6.2H2/c1-4-39-25-17-37(15-19-7-5-6-8-22(19)28(3,29)30)16-24(25)35-27(38)36-26-12-20(13-31)23(14-33-26)34-21-9-10-32-18(2)11-21;1-2;;/h5-14,24-25,31H,4,15-17H2,1-3H3,(H,32,34)(H2,33,35,36,38);1-2H3;2*1H/t24-,25-;;;/m0.../s1. The first kappa shape index (κ1) is 31.6. The Labute approximate surface area is 243 Å². The van der Waals surface area contributed by atoms with Gasteiger partial charge >= 0.3 is 6.03 Å². The van der Waals surface area contributed by atoms with Crippen LogP contribution in [0.15, 0.2) is 54.9 Å². The van der Waals surface area contributed by atoms with Gasteiger partial charge in [0.15, 0.2) is 0 Å². The molecule has 4 N–H and O–H groups in total. The predicted octanol–water partition coefficient (Wildman–Crippen LogP) is 6.57. The molecule has 0 aliphatic carbocycles. The molecule has 0 radical (unpaired) electrons. The van der Waals surface area contributed by atoms with E-state index in [0.29, 0.717) is 43.1 Å². The number of anilines is 3. The van der Waals surface area contributed by atoms with Crippen molar-refractivity contribution in [3.63, 3.8) is 0 Å². The number of nitrogens with one attached hydrogen (secondary N) is 4. The average molecular weight is 572 g/mol. The number of halogens is 2. The zero-order chi connectivity index (χ0) is 30.0. The van der Waals surface area contributed by atoms with Crippen LogP contribution in [0.1, 0.15) is 52.9 Å². The van der Waals surface area contributed by atoms with Gasteiger partial charge in [-0.2, -0.15) is 0 Å². The first-order valence-corrected chi connectivity index (χ1v) is 13.7. The molecule has 1 aliphatic heterocycles. The Morgan fingerprint density at radius 1 is 1.22 bits per heavy atom. The molecule has 9 nitrogen and oxygen atoms in total. The molecule has 2 amide bonds. The van der Waals surface area contributed by atoms with Crippen molar-refractivity contribution < 1.29 is 21.2 Å². The van der Waals surface area contributed by atoms with Gasteiger partial charge in [-0.05, 0) is 37.6 Å². The van der Waals surface area contributed by atoms with Crippen molar-refractivity contribution in [3.8, 4) is 0 Å². The van der Waals surface area contributed by atoms with Crippen LogP contribution in [0.3, 0.4) is 0 Å². The summed E-state index contributed by atoms with van der Waals surface area (Å²) >= 11 is 0. The number of aryl methyl sites for hydroxylation is 1. The fourth-order valence-electron chi connectivity index (χ4n) is 4.69. The van der Waals surface area contributed by atoms with E-state index in [1.165, 1.54) is 12.3 Å². The molecule has 2 aromatic heterocycles. The van der Waals surface area contributed by atoms with Crippen molar-refractivity contribution in [1.29, 1.82) is 5.41 Å². The first-order chi connectivity index (χ1) is 19.7. The Bertz CT molecular complexity index is 1330. The van der Waals surface area contributed by atoms with Crippen molar-refractivity contribution in [2.24, 2.45) is 0 Å². The maximum atomic E-state index is 14.1. The van der Waals surface area contributed by atoms with Crippen LogP contribution < -0.4 is 16.0 Å². The lowest BCUT2D eigenvalue weighted by Crippen LogP contribution is -2.45. The largest absolute Gasteiger partial charge is 0.375 e. The minimum atomic E-state index is -2.95. The molecule has 1 aliphatic rings. The Hall–Kier alpha value is -3.96. The van der Waals surface area contributed by atoms with E-state index >= 15 is 0 Å². The van der Waals surface area contributed by atoms with Crippen molar-refractivity contribution in [1.82, 2.24) is 20.2 Å². The molecule has 4 rings (SSSR count). The minimum absolute atomic E-state index is 0. The van der Waals surface area contributed by atoms with Crippen molar-refractivity contribution in [3.05, 3.63) is 77.2 Å². The number of carbonyl (C=O) groups excluding carboxylic acids is 1. The molecule has 0 saturated carbocycles. The summed E-state index contributed by atoms with van der Waals surface area (Å²) in [5.41, 5.74) is 3.36. The number of amides is 2. The molecule has 1 aromatic carbocycles. The van der Waals surface area contributed by atoms with Crippen LogP contribution >= 0.6 is 0 Å². The molecule has 41 heavy (non-hydrogen) atoms. The summed E-state index contributed by atoms with van der Waals surface area (Å²) in [7, 11) is 0. The van der Waals surface area contributed by atoms with E-state index in [9.17, 15) is 13.6 Å². The van der Waals surface area contributed by atoms with E-state index in [4.69, 9.17) is 10.1 Å². The third kappa shape index (κ3) is 8.76. The molecule has 2 atom stereocenters. The molecule has 0 unspecified atom stereocenters. The van der Waals surface area contributed by atoms with Gasteiger partial charge in [0.2, 0.25) is 0 Å². The number of hydrogen-bond acceptors (Lipinski definition) is 7. The molecule has 1 saturated heterocycles. The lowest BCUT2D eigenvalue weighted by molar-refractivity contribution is 0.0158. The van der Waals surface area contributed by atoms with Crippen molar-refractivity contribution >= 4 is 29.4 Å². The minimum Gasteiger partial charge on any atom is -0.375 e.